The smallest absolute Gasteiger partial charge is 0.303 e. The number of hydrogen-bond donors (Lipinski definition) is 1. The highest BCUT2D eigenvalue weighted by atomic mass is 19.1. The summed E-state index contributed by atoms with van der Waals surface area (Å²) in [5.74, 6) is -1.27. The van der Waals surface area contributed by atoms with Gasteiger partial charge in [-0.25, -0.2) is 4.39 Å². The lowest BCUT2D eigenvalue weighted by Crippen LogP contribution is -2.10. The Morgan fingerprint density at radius 1 is 1.44 bits per heavy atom. The van der Waals surface area contributed by atoms with Crippen molar-refractivity contribution in [2.75, 3.05) is 0 Å². The average molecular weight is 248 g/mol. The molecule has 0 saturated heterocycles. The van der Waals surface area contributed by atoms with E-state index in [1.807, 2.05) is 0 Å². The molecule has 3 nitrogen and oxygen atoms in total. The number of rotatable bonds is 4. The number of benzene rings is 1. The largest absolute Gasteiger partial charge is 0.481 e. The Kier molecular flexibility index (Phi) is 2.58. The molecule has 1 saturated carbocycles. The maximum atomic E-state index is 14.0. The third-order valence-electron chi connectivity index (χ3n) is 3.56. The van der Waals surface area contributed by atoms with Gasteiger partial charge in [0.2, 0.25) is 0 Å². The van der Waals surface area contributed by atoms with Crippen LogP contribution < -0.4 is 0 Å². The fourth-order valence-corrected chi connectivity index (χ4v) is 2.57. The van der Waals surface area contributed by atoms with Gasteiger partial charge in [-0.3, -0.25) is 4.79 Å². The van der Waals surface area contributed by atoms with Gasteiger partial charge in [0.15, 0.2) is 0 Å². The van der Waals surface area contributed by atoms with E-state index in [9.17, 15) is 9.18 Å². The Hall–Kier alpha value is -1.84. The Bertz CT molecular complexity index is 598. The molecule has 0 radical (unpaired) electrons. The van der Waals surface area contributed by atoms with Crippen molar-refractivity contribution in [2.24, 2.45) is 5.92 Å². The van der Waals surface area contributed by atoms with Gasteiger partial charge >= 0.3 is 5.97 Å². The molecule has 1 unspecified atom stereocenters. The van der Waals surface area contributed by atoms with Crippen molar-refractivity contribution in [1.29, 1.82) is 0 Å². The predicted octanol–water partition coefficient (Wildman–Crippen LogP) is 3.54. The zero-order chi connectivity index (χ0) is 12.7. The van der Waals surface area contributed by atoms with Crippen LogP contribution >= 0.6 is 0 Å². The van der Waals surface area contributed by atoms with Crippen LogP contribution in [-0.4, -0.2) is 11.1 Å². The molecular weight excluding hydrogens is 235 g/mol. The SMILES string of the molecule is O=C(O)CC(c1c(F)ccc2ccoc12)C1CC1. The second-order valence-electron chi connectivity index (χ2n) is 4.84. The van der Waals surface area contributed by atoms with Crippen molar-refractivity contribution in [3.63, 3.8) is 0 Å². The van der Waals surface area contributed by atoms with Crippen LogP contribution in [0.5, 0.6) is 0 Å². The van der Waals surface area contributed by atoms with Crippen molar-refractivity contribution in [1.82, 2.24) is 0 Å². The van der Waals surface area contributed by atoms with E-state index in [1.165, 1.54) is 12.3 Å². The molecule has 1 fully saturated rings. The van der Waals surface area contributed by atoms with Crippen LogP contribution in [0.1, 0.15) is 30.7 Å². The van der Waals surface area contributed by atoms with E-state index in [-0.39, 0.29) is 24.1 Å². The van der Waals surface area contributed by atoms with E-state index in [0.29, 0.717) is 11.1 Å². The molecule has 0 amide bonds. The summed E-state index contributed by atoms with van der Waals surface area (Å²) in [4.78, 5) is 10.9. The van der Waals surface area contributed by atoms with E-state index in [0.717, 1.165) is 18.2 Å². The Labute approximate surface area is 103 Å². The van der Waals surface area contributed by atoms with Crippen molar-refractivity contribution in [3.8, 4) is 0 Å². The number of hydrogen-bond acceptors (Lipinski definition) is 2. The fraction of sp³-hybridized carbons (Fsp3) is 0.357. The van der Waals surface area contributed by atoms with E-state index in [1.54, 1.807) is 12.1 Å². The number of fused-ring (bicyclic) bond motifs is 1. The van der Waals surface area contributed by atoms with Crippen molar-refractivity contribution < 1.29 is 18.7 Å². The molecule has 1 aromatic heterocycles. The Morgan fingerprint density at radius 3 is 2.89 bits per heavy atom. The van der Waals surface area contributed by atoms with Gasteiger partial charge in [-0.1, -0.05) is 0 Å². The molecule has 1 heterocycles. The quantitative estimate of drug-likeness (QED) is 0.900. The van der Waals surface area contributed by atoms with Crippen molar-refractivity contribution in [3.05, 3.63) is 35.8 Å². The number of aliphatic carboxylic acids is 1. The van der Waals surface area contributed by atoms with Crippen LogP contribution in [0.15, 0.2) is 28.9 Å². The molecule has 1 atom stereocenters. The molecule has 3 rings (SSSR count). The van der Waals surface area contributed by atoms with Gasteiger partial charge in [0.05, 0.1) is 12.7 Å². The Balaban J connectivity index is 2.12. The first-order valence-electron chi connectivity index (χ1n) is 6.04. The minimum atomic E-state index is -0.894. The molecule has 4 heteroatoms. The number of halogens is 1. The highest BCUT2D eigenvalue weighted by Crippen LogP contribution is 2.47. The summed E-state index contributed by atoms with van der Waals surface area (Å²) in [7, 11) is 0. The molecular formula is C14H13FO3. The molecule has 0 aliphatic heterocycles. The van der Waals surface area contributed by atoms with Crippen LogP contribution in [0.2, 0.25) is 0 Å². The van der Waals surface area contributed by atoms with E-state index < -0.39 is 5.97 Å². The normalized spacial score (nSPS) is 16.9. The third kappa shape index (κ3) is 1.88. The monoisotopic (exact) mass is 248 g/mol. The van der Waals surface area contributed by atoms with E-state index in [4.69, 9.17) is 9.52 Å². The number of carbonyl (C=O) groups is 1. The van der Waals surface area contributed by atoms with Crippen molar-refractivity contribution in [2.45, 2.75) is 25.2 Å². The second-order valence-corrected chi connectivity index (χ2v) is 4.84. The number of carboxylic acids is 1. The first kappa shape index (κ1) is 11.3. The molecule has 0 spiro atoms. The van der Waals surface area contributed by atoms with E-state index in [2.05, 4.69) is 0 Å². The summed E-state index contributed by atoms with van der Waals surface area (Å²) >= 11 is 0. The molecule has 1 aliphatic carbocycles. The van der Waals surface area contributed by atoms with Gasteiger partial charge < -0.3 is 9.52 Å². The average Bonchev–Trinajstić information content (AvgIpc) is 3.05. The lowest BCUT2D eigenvalue weighted by atomic mass is 9.89. The maximum Gasteiger partial charge on any atom is 0.303 e. The summed E-state index contributed by atoms with van der Waals surface area (Å²) in [6.07, 6.45) is 3.41. The highest BCUT2D eigenvalue weighted by molar-refractivity contribution is 5.82. The summed E-state index contributed by atoms with van der Waals surface area (Å²) in [5, 5.41) is 9.80. The summed E-state index contributed by atoms with van der Waals surface area (Å²) < 4.78 is 19.4. The molecule has 18 heavy (non-hydrogen) atoms. The van der Waals surface area contributed by atoms with Crippen LogP contribution in [0.4, 0.5) is 4.39 Å². The summed E-state index contributed by atoms with van der Waals surface area (Å²) in [6.45, 7) is 0. The summed E-state index contributed by atoms with van der Waals surface area (Å²) in [6, 6.07) is 4.82. The lowest BCUT2D eigenvalue weighted by Gasteiger charge is -2.15. The van der Waals surface area contributed by atoms with Gasteiger partial charge in [-0.2, -0.15) is 0 Å². The molecule has 2 aromatic rings. The minimum absolute atomic E-state index is 0.0403. The molecule has 1 aromatic carbocycles. The highest BCUT2D eigenvalue weighted by Gasteiger charge is 2.36. The standard InChI is InChI=1S/C14H13FO3/c15-11-4-3-9-5-6-18-14(9)13(11)10(7-12(16)17)8-1-2-8/h3-6,8,10H,1-2,7H2,(H,16,17). The molecule has 1 aliphatic rings. The number of carboxylic acid groups (broad SMARTS) is 1. The first-order chi connectivity index (χ1) is 8.66. The van der Waals surface area contributed by atoms with Crippen LogP contribution in [0, 0.1) is 11.7 Å². The topological polar surface area (TPSA) is 50.4 Å². The van der Waals surface area contributed by atoms with Gasteiger partial charge in [-0.15, -0.1) is 0 Å². The van der Waals surface area contributed by atoms with Crippen LogP contribution in [0.25, 0.3) is 11.0 Å². The van der Waals surface area contributed by atoms with Crippen LogP contribution in [0.3, 0.4) is 0 Å². The molecule has 1 N–H and O–H groups in total. The Morgan fingerprint density at radius 2 is 2.22 bits per heavy atom. The van der Waals surface area contributed by atoms with Gasteiger partial charge in [0.1, 0.15) is 11.4 Å². The second kappa shape index (κ2) is 4.12. The van der Waals surface area contributed by atoms with Crippen molar-refractivity contribution >= 4 is 16.9 Å². The molecule has 0 bridgehead atoms. The lowest BCUT2D eigenvalue weighted by molar-refractivity contribution is -0.137. The minimum Gasteiger partial charge on any atom is -0.481 e. The number of furan rings is 1. The fourth-order valence-electron chi connectivity index (χ4n) is 2.57. The zero-order valence-corrected chi connectivity index (χ0v) is 9.73. The van der Waals surface area contributed by atoms with E-state index >= 15 is 0 Å². The zero-order valence-electron chi connectivity index (χ0n) is 9.73. The molecule has 94 valence electrons. The summed E-state index contributed by atoms with van der Waals surface area (Å²) in [5.41, 5.74) is 0.926. The predicted molar refractivity (Wildman–Crippen MR) is 63.9 cm³/mol. The van der Waals surface area contributed by atoms with Gasteiger partial charge in [0.25, 0.3) is 0 Å². The first-order valence-corrected chi connectivity index (χ1v) is 6.04. The maximum absolute atomic E-state index is 14.0. The van der Waals surface area contributed by atoms with Crippen LogP contribution in [-0.2, 0) is 4.79 Å². The third-order valence-corrected chi connectivity index (χ3v) is 3.56. The van der Waals surface area contributed by atoms with Gasteiger partial charge in [-0.05, 0) is 37.0 Å². The van der Waals surface area contributed by atoms with Gasteiger partial charge in [0, 0.05) is 16.9 Å².